The van der Waals surface area contributed by atoms with Crippen LogP contribution in [0.1, 0.15) is 30.6 Å². The van der Waals surface area contributed by atoms with Crippen LogP contribution in [0.5, 0.6) is 0 Å². The van der Waals surface area contributed by atoms with Gasteiger partial charge in [0, 0.05) is 12.0 Å². The van der Waals surface area contributed by atoms with Crippen LogP contribution < -0.4 is 5.32 Å². The molecule has 0 unspecified atom stereocenters. The third kappa shape index (κ3) is 4.76. The normalized spacial score (nSPS) is 10.4. The summed E-state index contributed by atoms with van der Waals surface area (Å²) in [5.41, 5.74) is 0.351. The fourth-order valence-corrected chi connectivity index (χ4v) is 1.41. The molecule has 1 aromatic rings. The molecule has 0 radical (unpaired) electrons. The van der Waals surface area contributed by atoms with Gasteiger partial charge in [0.15, 0.2) is 5.78 Å². The SMILES string of the molecule is CC(C)CC(=O)CNC(=O)c1ccc(F)cc1. The highest BCUT2D eigenvalue weighted by molar-refractivity contribution is 5.96. The van der Waals surface area contributed by atoms with Crippen LogP contribution in [0.4, 0.5) is 4.39 Å². The Morgan fingerprint density at radius 3 is 2.35 bits per heavy atom. The van der Waals surface area contributed by atoms with Crippen LogP contribution in [0.15, 0.2) is 24.3 Å². The van der Waals surface area contributed by atoms with E-state index in [1.807, 2.05) is 13.8 Å². The van der Waals surface area contributed by atoms with Gasteiger partial charge in [-0.15, -0.1) is 0 Å². The molecule has 4 heteroatoms. The maximum Gasteiger partial charge on any atom is 0.251 e. The Morgan fingerprint density at radius 2 is 1.82 bits per heavy atom. The minimum absolute atomic E-state index is 0.00420. The second-order valence-electron chi connectivity index (χ2n) is 4.33. The van der Waals surface area contributed by atoms with Gasteiger partial charge in [-0.25, -0.2) is 4.39 Å². The number of amides is 1. The van der Waals surface area contributed by atoms with Crippen LogP contribution in [0.2, 0.25) is 0 Å². The van der Waals surface area contributed by atoms with Gasteiger partial charge in [-0.3, -0.25) is 9.59 Å². The Balaban J connectivity index is 2.45. The molecule has 1 aromatic carbocycles. The number of ketones is 1. The van der Waals surface area contributed by atoms with E-state index >= 15 is 0 Å². The molecular formula is C13H16FNO2. The Morgan fingerprint density at radius 1 is 1.24 bits per heavy atom. The summed E-state index contributed by atoms with van der Waals surface area (Å²) >= 11 is 0. The van der Waals surface area contributed by atoms with Crippen molar-refractivity contribution in [3.63, 3.8) is 0 Å². The molecule has 0 aliphatic rings. The molecule has 0 spiro atoms. The van der Waals surface area contributed by atoms with E-state index in [1.165, 1.54) is 24.3 Å². The predicted octanol–water partition coefficient (Wildman–Crippen LogP) is 2.17. The van der Waals surface area contributed by atoms with Crippen molar-refractivity contribution in [2.45, 2.75) is 20.3 Å². The van der Waals surface area contributed by atoms with Crippen molar-refractivity contribution in [1.82, 2.24) is 5.32 Å². The smallest absolute Gasteiger partial charge is 0.251 e. The van der Waals surface area contributed by atoms with Gasteiger partial charge in [0.05, 0.1) is 6.54 Å². The molecule has 0 aromatic heterocycles. The molecule has 0 heterocycles. The number of rotatable bonds is 5. The topological polar surface area (TPSA) is 46.2 Å². The van der Waals surface area contributed by atoms with Gasteiger partial charge in [0.25, 0.3) is 5.91 Å². The molecule has 1 N–H and O–H groups in total. The van der Waals surface area contributed by atoms with Crippen LogP contribution in [0.25, 0.3) is 0 Å². The molecule has 0 saturated heterocycles. The number of Topliss-reactive ketones (excluding diaryl/α,β-unsaturated/α-hetero) is 1. The number of hydrogen-bond acceptors (Lipinski definition) is 2. The monoisotopic (exact) mass is 237 g/mol. The quantitative estimate of drug-likeness (QED) is 0.853. The molecule has 0 atom stereocenters. The van der Waals surface area contributed by atoms with E-state index < -0.39 is 5.82 Å². The molecule has 1 rings (SSSR count). The molecule has 0 aliphatic carbocycles. The number of benzene rings is 1. The molecule has 3 nitrogen and oxygen atoms in total. The standard InChI is InChI=1S/C13H16FNO2/c1-9(2)7-12(16)8-15-13(17)10-3-5-11(14)6-4-10/h3-6,9H,7-8H2,1-2H3,(H,15,17). The van der Waals surface area contributed by atoms with Crippen molar-refractivity contribution in [3.8, 4) is 0 Å². The van der Waals surface area contributed by atoms with Gasteiger partial charge in [-0.1, -0.05) is 13.8 Å². The summed E-state index contributed by atoms with van der Waals surface area (Å²) in [4.78, 5) is 22.9. The average Bonchev–Trinajstić information content (AvgIpc) is 2.26. The Bertz CT molecular complexity index is 398. The van der Waals surface area contributed by atoms with E-state index in [4.69, 9.17) is 0 Å². The summed E-state index contributed by atoms with van der Waals surface area (Å²) < 4.78 is 12.6. The van der Waals surface area contributed by atoms with E-state index in [0.29, 0.717) is 12.0 Å². The van der Waals surface area contributed by atoms with Gasteiger partial charge < -0.3 is 5.32 Å². The van der Waals surface area contributed by atoms with Crippen molar-refractivity contribution < 1.29 is 14.0 Å². The van der Waals surface area contributed by atoms with E-state index in [9.17, 15) is 14.0 Å². The van der Waals surface area contributed by atoms with Crippen molar-refractivity contribution in [3.05, 3.63) is 35.6 Å². The van der Waals surface area contributed by atoms with Crippen molar-refractivity contribution in [2.75, 3.05) is 6.54 Å². The summed E-state index contributed by atoms with van der Waals surface area (Å²) in [5.74, 6) is -0.472. The van der Waals surface area contributed by atoms with Gasteiger partial charge in [0.1, 0.15) is 5.82 Å². The third-order valence-electron chi connectivity index (χ3n) is 2.19. The predicted molar refractivity (Wildman–Crippen MR) is 63.2 cm³/mol. The summed E-state index contributed by atoms with van der Waals surface area (Å²) in [6, 6.07) is 5.20. The van der Waals surface area contributed by atoms with Crippen molar-refractivity contribution >= 4 is 11.7 Å². The first-order valence-corrected chi connectivity index (χ1v) is 5.54. The van der Waals surface area contributed by atoms with Crippen LogP contribution in [0.3, 0.4) is 0 Å². The second-order valence-corrected chi connectivity index (χ2v) is 4.33. The lowest BCUT2D eigenvalue weighted by Gasteiger charge is -2.06. The number of nitrogens with one attached hydrogen (secondary N) is 1. The van der Waals surface area contributed by atoms with Crippen LogP contribution >= 0.6 is 0 Å². The lowest BCUT2D eigenvalue weighted by molar-refractivity contribution is -0.118. The van der Waals surface area contributed by atoms with Crippen LogP contribution in [0, 0.1) is 11.7 Å². The molecule has 0 saturated carbocycles. The number of carbonyl (C=O) groups is 2. The van der Waals surface area contributed by atoms with Gasteiger partial charge in [-0.2, -0.15) is 0 Å². The number of carbonyl (C=O) groups excluding carboxylic acids is 2. The Labute approximate surface area is 100 Å². The molecule has 0 aliphatic heterocycles. The third-order valence-corrected chi connectivity index (χ3v) is 2.19. The zero-order valence-electron chi connectivity index (χ0n) is 10.00. The molecule has 0 fully saturated rings. The number of hydrogen-bond donors (Lipinski definition) is 1. The molecular weight excluding hydrogens is 221 g/mol. The summed E-state index contributed by atoms with van der Waals surface area (Å²) in [7, 11) is 0. The summed E-state index contributed by atoms with van der Waals surface area (Å²) in [5, 5.41) is 2.51. The van der Waals surface area contributed by atoms with Gasteiger partial charge in [0.2, 0.25) is 0 Å². The van der Waals surface area contributed by atoms with Crippen LogP contribution in [-0.4, -0.2) is 18.2 Å². The van der Waals surface area contributed by atoms with Crippen molar-refractivity contribution in [1.29, 1.82) is 0 Å². The van der Waals surface area contributed by atoms with Gasteiger partial charge in [-0.05, 0) is 30.2 Å². The zero-order chi connectivity index (χ0) is 12.8. The first-order valence-electron chi connectivity index (χ1n) is 5.54. The first kappa shape index (κ1) is 13.4. The van der Waals surface area contributed by atoms with E-state index in [0.717, 1.165) is 0 Å². The maximum absolute atomic E-state index is 12.6. The fraction of sp³-hybridized carbons (Fsp3) is 0.385. The Kier molecular flexibility index (Phi) is 4.82. The van der Waals surface area contributed by atoms with E-state index in [1.54, 1.807) is 0 Å². The van der Waals surface area contributed by atoms with Crippen LogP contribution in [-0.2, 0) is 4.79 Å². The minimum Gasteiger partial charge on any atom is -0.345 e. The highest BCUT2D eigenvalue weighted by Gasteiger charge is 2.09. The molecule has 0 bridgehead atoms. The lowest BCUT2D eigenvalue weighted by atomic mass is 10.1. The highest BCUT2D eigenvalue weighted by atomic mass is 19.1. The molecule has 92 valence electrons. The largest absolute Gasteiger partial charge is 0.345 e. The summed E-state index contributed by atoms with van der Waals surface area (Å²) in [6.45, 7) is 3.91. The highest BCUT2D eigenvalue weighted by Crippen LogP contribution is 2.03. The number of halogens is 1. The van der Waals surface area contributed by atoms with E-state index in [-0.39, 0.29) is 24.2 Å². The zero-order valence-corrected chi connectivity index (χ0v) is 10.00. The Hall–Kier alpha value is -1.71. The van der Waals surface area contributed by atoms with Crippen molar-refractivity contribution in [2.24, 2.45) is 5.92 Å². The summed E-state index contributed by atoms with van der Waals surface area (Å²) in [6.07, 6.45) is 0.448. The lowest BCUT2D eigenvalue weighted by Crippen LogP contribution is -2.29. The molecule has 17 heavy (non-hydrogen) atoms. The second kappa shape index (κ2) is 6.13. The first-order chi connectivity index (χ1) is 7.99. The fourth-order valence-electron chi connectivity index (χ4n) is 1.41. The minimum atomic E-state index is -0.391. The average molecular weight is 237 g/mol. The van der Waals surface area contributed by atoms with E-state index in [2.05, 4.69) is 5.32 Å². The molecule has 1 amide bonds. The maximum atomic E-state index is 12.6. The van der Waals surface area contributed by atoms with Gasteiger partial charge >= 0.3 is 0 Å².